The van der Waals surface area contributed by atoms with Gasteiger partial charge in [0.25, 0.3) is 5.91 Å². The molecule has 0 radical (unpaired) electrons. The molecule has 0 saturated heterocycles. The van der Waals surface area contributed by atoms with Crippen LogP contribution in [0.15, 0.2) is 95.0 Å². The van der Waals surface area contributed by atoms with E-state index in [1.807, 2.05) is 53.6 Å². The third-order valence-electron chi connectivity index (χ3n) is 10.4. The van der Waals surface area contributed by atoms with E-state index in [2.05, 4.69) is 40.4 Å². The highest BCUT2D eigenvalue weighted by atomic mass is 16.5. The summed E-state index contributed by atoms with van der Waals surface area (Å²) < 4.78 is 24.0. The number of rotatable bonds is 8. The minimum atomic E-state index is -0.180. The molecule has 0 saturated carbocycles. The summed E-state index contributed by atoms with van der Waals surface area (Å²) in [6.45, 7) is 2.55. The van der Waals surface area contributed by atoms with Crippen molar-refractivity contribution in [1.29, 1.82) is 0 Å². The van der Waals surface area contributed by atoms with Crippen LogP contribution >= 0.6 is 0 Å². The van der Waals surface area contributed by atoms with Gasteiger partial charge in [-0.2, -0.15) is 0 Å². The Labute approximate surface area is 307 Å². The molecule has 5 aromatic rings. The molecule has 0 N–H and O–H groups in total. The number of carbonyl (C=O) groups is 1. The molecule has 2 aromatic heterocycles. The van der Waals surface area contributed by atoms with Gasteiger partial charge in [0.05, 0.1) is 48.6 Å². The molecule has 53 heavy (non-hydrogen) atoms. The SMILES string of the molecule is COc1cc2c(cc1OCc1cccc(COc3cc4c(cc3OC)C(=O)N3Cc5cccnc5C[C@H]3C=N4)n1)N=C[C@@H]1Cc3ccccc3CN1C2. The lowest BCUT2D eigenvalue weighted by atomic mass is 9.94. The quantitative estimate of drug-likeness (QED) is 0.178. The maximum absolute atomic E-state index is 13.8. The third kappa shape index (κ3) is 6.37. The van der Waals surface area contributed by atoms with E-state index in [1.54, 1.807) is 32.5 Å². The first-order chi connectivity index (χ1) is 26.0. The summed E-state index contributed by atoms with van der Waals surface area (Å²) in [5.41, 5.74) is 9.24. The first kappa shape index (κ1) is 32.8. The molecule has 4 aliphatic heterocycles. The number of hydrogen-bond donors (Lipinski definition) is 0. The largest absolute Gasteiger partial charge is 0.493 e. The van der Waals surface area contributed by atoms with E-state index in [9.17, 15) is 4.79 Å². The van der Waals surface area contributed by atoms with Crippen LogP contribution < -0.4 is 18.9 Å². The molecule has 4 aliphatic rings. The second kappa shape index (κ2) is 13.8. The van der Waals surface area contributed by atoms with Crippen molar-refractivity contribution in [2.24, 2.45) is 9.98 Å². The summed E-state index contributed by atoms with van der Waals surface area (Å²) in [5.74, 6) is 2.08. The Balaban J connectivity index is 0.886. The lowest BCUT2D eigenvalue weighted by molar-refractivity contribution is 0.0701. The molecule has 0 bridgehead atoms. The molecule has 0 spiro atoms. The van der Waals surface area contributed by atoms with Crippen LogP contribution in [0.4, 0.5) is 11.4 Å². The van der Waals surface area contributed by atoms with Crippen molar-refractivity contribution >= 4 is 29.7 Å². The van der Waals surface area contributed by atoms with Crippen LogP contribution in [-0.2, 0) is 45.7 Å². The number of aromatic nitrogens is 2. The van der Waals surface area contributed by atoms with Gasteiger partial charge in [-0.1, -0.05) is 36.4 Å². The molecular formula is C42H38N6O5. The normalized spacial score (nSPS) is 18.3. The first-order valence-electron chi connectivity index (χ1n) is 17.8. The molecule has 11 heteroatoms. The molecular weight excluding hydrogens is 668 g/mol. The maximum Gasteiger partial charge on any atom is 0.257 e. The van der Waals surface area contributed by atoms with Crippen molar-refractivity contribution < 1.29 is 23.7 Å². The van der Waals surface area contributed by atoms with Crippen LogP contribution in [0.2, 0.25) is 0 Å². The fourth-order valence-corrected chi connectivity index (χ4v) is 7.59. The van der Waals surface area contributed by atoms with E-state index < -0.39 is 0 Å². The van der Waals surface area contributed by atoms with E-state index in [0.29, 0.717) is 52.9 Å². The number of hydrogen-bond acceptors (Lipinski definition) is 10. The smallest absolute Gasteiger partial charge is 0.257 e. The minimum Gasteiger partial charge on any atom is -0.493 e. The fraction of sp³-hybridized carbons (Fsp3) is 0.262. The lowest BCUT2D eigenvalue weighted by Crippen LogP contribution is -2.44. The first-order valence-corrected chi connectivity index (χ1v) is 17.8. The van der Waals surface area contributed by atoms with Crippen molar-refractivity contribution in [3.05, 3.63) is 130 Å². The van der Waals surface area contributed by atoms with Gasteiger partial charge in [-0.05, 0) is 59.0 Å². The Morgan fingerprint density at radius 1 is 0.660 bits per heavy atom. The molecule has 0 unspecified atom stereocenters. The summed E-state index contributed by atoms with van der Waals surface area (Å²) in [6.07, 6.45) is 7.24. The summed E-state index contributed by atoms with van der Waals surface area (Å²) in [5, 5.41) is 0. The zero-order valence-corrected chi connectivity index (χ0v) is 29.6. The number of benzene rings is 3. The predicted molar refractivity (Wildman–Crippen MR) is 200 cm³/mol. The second-order valence-electron chi connectivity index (χ2n) is 13.7. The van der Waals surface area contributed by atoms with Crippen LogP contribution in [0.1, 0.15) is 49.7 Å². The highest BCUT2D eigenvalue weighted by molar-refractivity contribution is 6.03. The Bertz CT molecular complexity index is 2290. The number of methoxy groups -OCH3 is 2. The summed E-state index contributed by atoms with van der Waals surface area (Å²) in [7, 11) is 3.22. The third-order valence-corrected chi connectivity index (χ3v) is 10.4. The number of carbonyl (C=O) groups excluding carboxylic acids is 1. The van der Waals surface area contributed by atoms with Gasteiger partial charge in [0.15, 0.2) is 23.0 Å². The molecule has 11 nitrogen and oxygen atoms in total. The van der Waals surface area contributed by atoms with E-state index in [1.165, 1.54) is 11.1 Å². The van der Waals surface area contributed by atoms with Crippen molar-refractivity contribution in [2.75, 3.05) is 14.2 Å². The molecule has 0 fully saturated rings. The highest BCUT2D eigenvalue weighted by Crippen LogP contribution is 2.40. The summed E-state index contributed by atoms with van der Waals surface area (Å²) in [6, 6.07) is 25.8. The van der Waals surface area contributed by atoms with Crippen molar-refractivity contribution in [1.82, 2.24) is 19.8 Å². The van der Waals surface area contributed by atoms with Gasteiger partial charge in [-0.15, -0.1) is 0 Å². The Morgan fingerprint density at radius 2 is 1.34 bits per heavy atom. The number of amides is 1. The van der Waals surface area contributed by atoms with Gasteiger partial charge in [-0.25, -0.2) is 0 Å². The molecule has 1 amide bonds. The molecule has 9 rings (SSSR count). The molecule has 266 valence electrons. The standard InChI is InChI=1S/C42H38N6O5/c1-50-38-14-29-22-47-21-27-8-4-3-7-26(27)13-32(47)19-44-36(29)17-40(38)52-24-30-10-5-11-31(46-30)25-53-41-18-37-34(16-39(41)51-2)42(49)48-23-28-9-6-12-43-35(28)15-33(48)20-45-37/h3-12,14,16-20,32-33H,13,15,21-25H2,1-2H3/t32-,33-/m0/s1. The molecule has 3 aromatic carbocycles. The maximum atomic E-state index is 13.8. The fourth-order valence-electron chi connectivity index (χ4n) is 7.59. The number of aliphatic imine (C=N–C) groups is 2. The van der Waals surface area contributed by atoms with Crippen LogP contribution in [0, 0.1) is 0 Å². The Kier molecular flexibility index (Phi) is 8.55. The number of pyridine rings is 2. The highest BCUT2D eigenvalue weighted by Gasteiger charge is 2.34. The minimum absolute atomic E-state index is 0.101. The van der Waals surface area contributed by atoms with Crippen LogP contribution in [0.3, 0.4) is 0 Å². The number of nitrogens with zero attached hydrogens (tertiary/aromatic N) is 6. The zero-order chi connectivity index (χ0) is 35.9. The van der Waals surface area contributed by atoms with Gasteiger partial charge in [0, 0.05) is 68.5 Å². The molecule has 6 heterocycles. The Morgan fingerprint density at radius 3 is 2.13 bits per heavy atom. The lowest BCUT2D eigenvalue weighted by Gasteiger charge is -2.34. The van der Waals surface area contributed by atoms with Crippen LogP contribution in [0.25, 0.3) is 0 Å². The average Bonchev–Trinajstić information content (AvgIpc) is 3.45. The van der Waals surface area contributed by atoms with E-state index >= 15 is 0 Å². The van der Waals surface area contributed by atoms with Gasteiger partial charge < -0.3 is 23.8 Å². The summed E-state index contributed by atoms with van der Waals surface area (Å²) in [4.78, 5) is 37.0. The Hall–Kier alpha value is -6.07. The van der Waals surface area contributed by atoms with Gasteiger partial charge in [-0.3, -0.25) is 29.6 Å². The van der Waals surface area contributed by atoms with Gasteiger partial charge in [0.1, 0.15) is 13.2 Å². The molecule has 2 atom stereocenters. The molecule has 0 aliphatic carbocycles. The van der Waals surface area contributed by atoms with Crippen molar-refractivity contribution in [3.8, 4) is 23.0 Å². The predicted octanol–water partition coefficient (Wildman–Crippen LogP) is 6.58. The van der Waals surface area contributed by atoms with E-state index in [0.717, 1.165) is 47.7 Å². The number of ether oxygens (including phenoxy) is 4. The second-order valence-corrected chi connectivity index (χ2v) is 13.7. The van der Waals surface area contributed by atoms with Crippen molar-refractivity contribution in [2.45, 2.75) is 57.8 Å². The zero-order valence-electron chi connectivity index (χ0n) is 29.6. The number of fused-ring (bicyclic) bond motifs is 6. The van der Waals surface area contributed by atoms with Gasteiger partial charge in [0.2, 0.25) is 0 Å². The van der Waals surface area contributed by atoms with Crippen LogP contribution in [-0.4, -0.2) is 64.4 Å². The topological polar surface area (TPSA) is 111 Å². The van der Waals surface area contributed by atoms with Crippen LogP contribution in [0.5, 0.6) is 23.0 Å². The van der Waals surface area contributed by atoms with E-state index in [-0.39, 0.29) is 31.2 Å². The monoisotopic (exact) mass is 706 g/mol. The summed E-state index contributed by atoms with van der Waals surface area (Å²) >= 11 is 0. The van der Waals surface area contributed by atoms with E-state index in [4.69, 9.17) is 33.9 Å². The van der Waals surface area contributed by atoms with Crippen molar-refractivity contribution in [3.63, 3.8) is 0 Å². The average molecular weight is 707 g/mol. The van der Waals surface area contributed by atoms with Gasteiger partial charge >= 0.3 is 0 Å².